The Morgan fingerprint density at radius 2 is 1.90 bits per heavy atom. The lowest BCUT2D eigenvalue weighted by Crippen LogP contribution is -2.31. The maximum Gasteiger partial charge on any atom is 0.273 e. The zero-order valence-corrected chi connectivity index (χ0v) is 18.2. The highest BCUT2D eigenvalue weighted by Gasteiger charge is 2.28. The molecule has 3 aromatic rings. The van der Waals surface area contributed by atoms with Gasteiger partial charge in [0.05, 0.1) is 22.1 Å². The van der Waals surface area contributed by atoms with E-state index in [0.29, 0.717) is 15.7 Å². The second-order valence-electron chi connectivity index (χ2n) is 6.54. The van der Waals surface area contributed by atoms with E-state index in [4.69, 9.17) is 0 Å². The van der Waals surface area contributed by atoms with Crippen molar-refractivity contribution in [2.75, 3.05) is 0 Å². The van der Waals surface area contributed by atoms with Crippen LogP contribution in [0.2, 0.25) is 0 Å². The van der Waals surface area contributed by atoms with Gasteiger partial charge in [-0.25, -0.2) is 12.8 Å². The molecule has 0 amide bonds. The summed E-state index contributed by atoms with van der Waals surface area (Å²) < 4.78 is 42.7. The first kappa shape index (κ1) is 22.0. The fraction of sp³-hybridized carbons (Fsp3) is 0.150. The summed E-state index contributed by atoms with van der Waals surface area (Å²) in [5.41, 5.74) is 0.664. The van der Waals surface area contributed by atoms with Crippen molar-refractivity contribution in [1.29, 1.82) is 0 Å². The summed E-state index contributed by atoms with van der Waals surface area (Å²) in [4.78, 5) is 14.5. The van der Waals surface area contributed by atoms with Crippen LogP contribution in [-0.2, 0) is 23.1 Å². The molecular formula is C20H17BrFN3O4S. The molecule has 3 rings (SSSR count). The summed E-state index contributed by atoms with van der Waals surface area (Å²) in [6, 6.07) is 13.1. The van der Waals surface area contributed by atoms with Crippen molar-refractivity contribution in [3.8, 4) is 0 Å². The van der Waals surface area contributed by atoms with Crippen LogP contribution in [0.15, 0.2) is 70.2 Å². The van der Waals surface area contributed by atoms with Crippen molar-refractivity contribution in [2.45, 2.75) is 24.9 Å². The van der Waals surface area contributed by atoms with Gasteiger partial charge in [0.2, 0.25) is 10.0 Å². The molecule has 2 aromatic carbocycles. The van der Waals surface area contributed by atoms with Crippen molar-refractivity contribution in [3.05, 3.63) is 98.0 Å². The fourth-order valence-corrected chi connectivity index (χ4v) is 4.58. The summed E-state index contributed by atoms with van der Waals surface area (Å²) in [6.45, 7) is 1.14. The zero-order valence-electron chi connectivity index (χ0n) is 15.8. The number of nitro groups is 1. The largest absolute Gasteiger partial charge is 0.273 e. The first-order valence-corrected chi connectivity index (χ1v) is 11.0. The molecule has 0 saturated heterocycles. The quantitative estimate of drug-likeness (QED) is 0.354. The second-order valence-corrected chi connectivity index (χ2v) is 9.39. The van der Waals surface area contributed by atoms with Crippen molar-refractivity contribution in [2.24, 2.45) is 0 Å². The van der Waals surface area contributed by atoms with E-state index in [9.17, 15) is 22.9 Å². The molecule has 0 radical (unpaired) electrons. The Labute approximate surface area is 181 Å². The summed E-state index contributed by atoms with van der Waals surface area (Å²) in [6.07, 6.45) is 1.52. The Morgan fingerprint density at radius 3 is 2.53 bits per heavy atom. The number of nitro benzene ring substituents is 1. The van der Waals surface area contributed by atoms with Gasteiger partial charge in [0.1, 0.15) is 5.82 Å². The van der Waals surface area contributed by atoms with Gasteiger partial charge in [-0.2, -0.15) is 4.31 Å². The number of sulfonamides is 1. The molecule has 0 aliphatic carbocycles. The Bertz CT molecular complexity index is 1190. The molecule has 0 saturated carbocycles. The van der Waals surface area contributed by atoms with Gasteiger partial charge in [-0.3, -0.25) is 15.1 Å². The first-order chi connectivity index (χ1) is 14.2. The van der Waals surface area contributed by atoms with E-state index >= 15 is 0 Å². The Balaban J connectivity index is 2.06. The smallest absolute Gasteiger partial charge is 0.260 e. The van der Waals surface area contributed by atoms with Crippen LogP contribution in [0.5, 0.6) is 0 Å². The molecule has 7 nitrogen and oxygen atoms in total. The Hall–Kier alpha value is -2.69. The van der Waals surface area contributed by atoms with E-state index < -0.39 is 20.8 Å². The number of halogens is 2. The lowest BCUT2D eigenvalue weighted by Gasteiger charge is -2.22. The van der Waals surface area contributed by atoms with Crippen LogP contribution in [-0.4, -0.2) is 22.6 Å². The number of rotatable bonds is 7. The van der Waals surface area contributed by atoms with Crippen LogP contribution in [0.3, 0.4) is 0 Å². The number of nitrogens with zero attached hydrogens (tertiary/aromatic N) is 3. The molecule has 1 heterocycles. The topological polar surface area (TPSA) is 93.4 Å². The highest BCUT2D eigenvalue weighted by atomic mass is 79.9. The van der Waals surface area contributed by atoms with Crippen LogP contribution >= 0.6 is 15.9 Å². The molecule has 0 aliphatic heterocycles. The van der Waals surface area contributed by atoms with Gasteiger partial charge in [-0.05, 0) is 37.3 Å². The molecular weight excluding hydrogens is 477 g/mol. The minimum Gasteiger partial charge on any atom is -0.260 e. The molecule has 0 bridgehead atoms. The van der Waals surface area contributed by atoms with Crippen LogP contribution in [0.4, 0.5) is 10.1 Å². The van der Waals surface area contributed by atoms with Crippen LogP contribution in [0.25, 0.3) is 0 Å². The maximum atomic E-state index is 14.4. The predicted octanol–water partition coefficient (Wildman–Crippen LogP) is 4.59. The third-order valence-corrected chi connectivity index (χ3v) is 6.72. The monoisotopic (exact) mass is 493 g/mol. The van der Waals surface area contributed by atoms with Crippen LogP contribution < -0.4 is 0 Å². The average molecular weight is 494 g/mol. The summed E-state index contributed by atoms with van der Waals surface area (Å²) >= 11 is 3.18. The second kappa shape index (κ2) is 8.99. The SMILES string of the molecule is Cc1ccc(S(=O)(=O)N(Cc2ccccn2)Cc2ccc(Br)cc2F)cc1[N+](=O)[O-]. The average Bonchev–Trinajstić information content (AvgIpc) is 2.70. The van der Waals surface area contributed by atoms with Gasteiger partial charge in [0.15, 0.2) is 0 Å². The van der Waals surface area contributed by atoms with E-state index in [1.54, 1.807) is 24.3 Å². The number of benzene rings is 2. The summed E-state index contributed by atoms with van der Waals surface area (Å²) in [5, 5.41) is 11.3. The minimum atomic E-state index is -4.19. The van der Waals surface area contributed by atoms with E-state index in [1.165, 1.54) is 37.4 Å². The van der Waals surface area contributed by atoms with Crippen LogP contribution in [0, 0.1) is 22.9 Å². The van der Waals surface area contributed by atoms with Gasteiger partial charge in [-0.15, -0.1) is 0 Å². The molecule has 0 atom stereocenters. The first-order valence-electron chi connectivity index (χ1n) is 8.77. The lowest BCUT2D eigenvalue weighted by atomic mass is 10.2. The van der Waals surface area contributed by atoms with E-state index in [1.807, 2.05) is 0 Å². The van der Waals surface area contributed by atoms with Crippen molar-refractivity contribution < 1.29 is 17.7 Å². The third kappa shape index (κ3) is 4.89. The van der Waals surface area contributed by atoms with Gasteiger partial charge < -0.3 is 0 Å². The highest BCUT2D eigenvalue weighted by Crippen LogP contribution is 2.27. The number of aryl methyl sites for hydroxylation is 1. The van der Waals surface area contributed by atoms with Crippen molar-refractivity contribution in [1.82, 2.24) is 9.29 Å². The predicted molar refractivity (Wildman–Crippen MR) is 113 cm³/mol. The number of pyridine rings is 1. The van der Waals surface area contributed by atoms with Gasteiger partial charge in [-0.1, -0.05) is 34.1 Å². The maximum absolute atomic E-state index is 14.4. The van der Waals surface area contributed by atoms with Crippen molar-refractivity contribution in [3.63, 3.8) is 0 Å². The van der Waals surface area contributed by atoms with Gasteiger partial charge >= 0.3 is 0 Å². The Kier molecular flexibility index (Phi) is 6.59. The lowest BCUT2D eigenvalue weighted by molar-refractivity contribution is -0.385. The Morgan fingerprint density at radius 1 is 1.13 bits per heavy atom. The number of hydrogen-bond donors (Lipinski definition) is 0. The molecule has 1 aromatic heterocycles. The van der Waals surface area contributed by atoms with E-state index in [0.717, 1.165) is 10.4 Å². The summed E-state index contributed by atoms with van der Waals surface area (Å²) in [7, 11) is -4.19. The molecule has 0 spiro atoms. The van der Waals surface area contributed by atoms with Gasteiger partial charge in [0, 0.05) is 34.4 Å². The number of hydrogen-bond acceptors (Lipinski definition) is 5. The molecule has 0 aliphatic rings. The molecule has 10 heteroatoms. The standard InChI is InChI=1S/C20H17BrFN3O4S/c1-14-5-8-18(11-20(14)25(26)27)30(28,29)24(13-17-4-2-3-9-23-17)12-15-6-7-16(21)10-19(15)22/h2-11H,12-13H2,1H3. The minimum absolute atomic E-state index is 0.125. The molecule has 30 heavy (non-hydrogen) atoms. The van der Waals surface area contributed by atoms with Crippen molar-refractivity contribution >= 4 is 31.6 Å². The molecule has 156 valence electrons. The summed E-state index contributed by atoms with van der Waals surface area (Å²) in [5.74, 6) is -0.569. The normalized spacial score (nSPS) is 11.6. The molecule has 0 N–H and O–H groups in total. The zero-order chi connectivity index (χ0) is 21.9. The van der Waals surface area contributed by atoms with E-state index in [-0.39, 0.29) is 29.2 Å². The third-order valence-electron chi connectivity index (χ3n) is 4.44. The molecule has 0 unspecified atom stereocenters. The van der Waals surface area contributed by atoms with E-state index in [2.05, 4.69) is 20.9 Å². The highest BCUT2D eigenvalue weighted by molar-refractivity contribution is 9.10. The number of aromatic nitrogens is 1. The van der Waals surface area contributed by atoms with Gasteiger partial charge in [0.25, 0.3) is 5.69 Å². The molecule has 0 fully saturated rings. The van der Waals surface area contributed by atoms with Crippen LogP contribution in [0.1, 0.15) is 16.8 Å². The fourth-order valence-electron chi connectivity index (χ4n) is 2.83.